The monoisotopic (exact) mass is 216 g/mol. The lowest BCUT2D eigenvalue weighted by Gasteiger charge is -2.23. The van der Waals surface area contributed by atoms with Crippen LogP contribution in [0.15, 0.2) is 43.0 Å². The minimum Gasteiger partial charge on any atom is -0.103 e. The summed E-state index contributed by atoms with van der Waals surface area (Å²) in [5.74, 6) is 0. The first-order valence-corrected chi connectivity index (χ1v) is 6.29. The van der Waals surface area contributed by atoms with E-state index in [9.17, 15) is 0 Å². The Kier molecular flexibility index (Phi) is 5.31. The second-order valence-corrected chi connectivity index (χ2v) is 5.33. The van der Waals surface area contributed by atoms with Gasteiger partial charge >= 0.3 is 0 Å². The van der Waals surface area contributed by atoms with Crippen LogP contribution in [-0.2, 0) is 6.42 Å². The molecular weight excluding hydrogens is 192 g/mol. The molecule has 0 atom stereocenters. The highest BCUT2D eigenvalue weighted by molar-refractivity contribution is 5.14. The van der Waals surface area contributed by atoms with E-state index >= 15 is 0 Å². The van der Waals surface area contributed by atoms with Gasteiger partial charge in [-0.2, -0.15) is 0 Å². The average Bonchev–Trinajstić information content (AvgIpc) is 2.28. The van der Waals surface area contributed by atoms with Gasteiger partial charge in [-0.15, -0.1) is 6.58 Å². The van der Waals surface area contributed by atoms with Crippen LogP contribution in [0.3, 0.4) is 0 Å². The number of hydrogen-bond donors (Lipinski definition) is 0. The number of aryl methyl sites for hydroxylation is 1. The van der Waals surface area contributed by atoms with E-state index in [4.69, 9.17) is 0 Å². The fourth-order valence-electron chi connectivity index (χ4n) is 2.03. The minimum absolute atomic E-state index is 0.461. The van der Waals surface area contributed by atoms with Crippen LogP contribution in [-0.4, -0.2) is 0 Å². The summed E-state index contributed by atoms with van der Waals surface area (Å²) >= 11 is 0. The predicted octanol–water partition coefficient (Wildman–Crippen LogP) is 5.00. The second kappa shape index (κ2) is 6.52. The van der Waals surface area contributed by atoms with Gasteiger partial charge in [0.1, 0.15) is 0 Å². The third-order valence-electron chi connectivity index (χ3n) is 3.19. The molecule has 0 spiro atoms. The number of rotatable bonds is 7. The maximum Gasteiger partial charge on any atom is -0.0279 e. The van der Waals surface area contributed by atoms with E-state index < -0.39 is 0 Å². The Hall–Kier alpha value is -1.04. The maximum atomic E-state index is 3.79. The molecule has 0 aromatic heterocycles. The average molecular weight is 216 g/mol. The highest BCUT2D eigenvalue weighted by atomic mass is 14.2. The molecule has 0 fully saturated rings. The van der Waals surface area contributed by atoms with E-state index in [-0.39, 0.29) is 0 Å². The van der Waals surface area contributed by atoms with E-state index in [1.165, 1.54) is 31.2 Å². The maximum absolute atomic E-state index is 3.79. The Labute approximate surface area is 100 Å². The first kappa shape index (κ1) is 13.0. The Morgan fingerprint density at radius 1 is 1.12 bits per heavy atom. The fourth-order valence-corrected chi connectivity index (χ4v) is 2.03. The summed E-state index contributed by atoms with van der Waals surface area (Å²) in [6.45, 7) is 8.52. The van der Waals surface area contributed by atoms with Gasteiger partial charge in [0.05, 0.1) is 0 Å². The van der Waals surface area contributed by atoms with Crippen LogP contribution in [0.1, 0.15) is 45.1 Å². The van der Waals surface area contributed by atoms with E-state index in [0.29, 0.717) is 5.41 Å². The van der Waals surface area contributed by atoms with Gasteiger partial charge in [-0.05, 0) is 43.1 Å². The van der Waals surface area contributed by atoms with Crippen LogP contribution >= 0.6 is 0 Å². The molecule has 16 heavy (non-hydrogen) atoms. The molecule has 1 rings (SSSR count). The van der Waals surface area contributed by atoms with Crippen LogP contribution < -0.4 is 0 Å². The molecule has 0 saturated heterocycles. The molecule has 0 saturated carbocycles. The molecule has 0 aliphatic heterocycles. The molecule has 0 nitrogen and oxygen atoms in total. The zero-order valence-electron chi connectivity index (χ0n) is 10.7. The predicted molar refractivity (Wildman–Crippen MR) is 72.6 cm³/mol. The highest BCUT2D eigenvalue weighted by Gasteiger charge is 2.15. The molecule has 0 N–H and O–H groups in total. The van der Waals surface area contributed by atoms with Gasteiger partial charge in [-0.25, -0.2) is 0 Å². The van der Waals surface area contributed by atoms with Gasteiger partial charge in [0, 0.05) is 0 Å². The molecule has 0 radical (unpaired) electrons. The fraction of sp³-hybridized carbons (Fsp3) is 0.500. The lowest BCUT2D eigenvalue weighted by atomic mass is 9.82. The van der Waals surface area contributed by atoms with Gasteiger partial charge < -0.3 is 0 Å². The lowest BCUT2D eigenvalue weighted by molar-refractivity contribution is 0.302. The van der Waals surface area contributed by atoms with Crippen molar-refractivity contribution in [2.75, 3.05) is 0 Å². The Balaban J connectivity index is 2.27. The SMILES string of the molecule is C=CCCC(C)(C)CCCc1ccccc1. The van der Waals surface area contributed by atoms with Crippen molar-refractivity contribution in [3.63, 3.8) is 0 Å². The van der Waals surface area contributed by atoms with E-state index in [1.807, 2.05) is 6.08 Å². The summed E-state index contributed by atoms with van der Waals surface area (Å²) in [5, 5.41) is 0. The van der Waals surface area contributed by atoms with Crippen molar-refractivity contribution in [2.45, 2.75) is 46.0 Å². The molecule has 1 aromatic carbocycles. The van der Waals surface area contributed by atoms with Gasteiger partial charge in [0.25, 0.3) is 0 Å². The summed E-state index contributed by atoms with van der Waals surface area (Å²) in [6.07, 6.45) is 8.21. The Morgan fingerprint density at radius 2 is 1.81 bits per heavy atom. The molecule has 0 heterocycles. The van der Waals surface area contributed by atoms with Gasteiger partial charge in [-0.3, -0.25) is 0 Å². The molecule has 0 unspecified atom stereocenters. The number of allylic oxidation sites excluding steroid dienone is 1. The van der Waals surface area contributed by atoms with Crippen molar-refractivity contribution in [3.05, 3.63) is 48.6 Å². The van der Waals surface area contributed by atoms with Crippen molar-refractivity contribution in [3.8, 4) is 0 Å². The summed E-state index contributed by atoms with van der Waals surface area (Å²) in [7, 11) is 0. The molecule has 0 bridgehead atoms. The zero-order valence-corrected chi connectivity index (χ0v) is 10.7. The Bertz CT molecular complexity index is 295. The van der Waals surface area contributed by atoms with Crippen molar-refractivity contribution >= 4 is 0 Å². The third kappa shape index (κ3) is 5.16. The van der Waals surface area contributed by atoms with Gasteiger partial charge in [0.15, 0.2) is 0 Å². The summed E-state index contributed by atoms with van der Waals surface area (Å²) in [5.41, 5.74) is 1.92. The van der Waals surface area contributed by atoms with Crippen LogP contribution in [0.4, 0.5) is 0 Å². The van der Waals surface area contributed by atoms with Crippen LogP contribution in [0.25, 0.3) is 0 Å². The zero-order chi connectivity index (χ0) is 11.9. The molecule has 0 aliphatic carbocycles. The quantitative estimate of drug-likeness (QED) is 0.562. The van der Waals surface area contributed by atoms with Crippen molar-refractivity contribution in [1.29, 1.82) is 0 Å². The number of benzene rings is 1. The second-order valence-electron chi connectivity index (χ2n) is 5.33. The van der Waals surface area contributed by atoms with Gasteiger partial charge in [0.2, 0.25) is 0 Å². The minimum atomic E-state index is 0.461. The summed E-state index contributed by atoms with van der Waals surface area (Å²) in [6, 6.07) is 10.8. The molecule has 0 aliphatic rings. The largest absolute Gasteiger partial charge is 0.103 e. The third-order valence-corrected chi connectivity index (χ3v) is 3.19. The van der Waals surface area contributed by atoms with Crippen LogP contribution in [0.2, 0.25) is 0 Å². The van der Waals surface area contributed by atoms with E-state index in [2.05, 4.69) is 50.8 Å². The molecule has 1 aromatic rings. The first-order chi connectivity index (χ1) is 7.64. The van der Waals surface area contributed by atoms with Crippen LogP contribution in [0, 0.1) is 5.41 Å². The highest BCUT2D eigenvalue weighted by Crippen LogP contribution is 2.29. The molecule has 88 valence electrons. The van der Waals surface area contributed by atoms with E-state index in [0.717, 1.165) is 6.42 Å². The lowest BCUT2D eigenvalue weighted by Crippen LogP contribution is -2.11. The standard InChI is InChI=1S/C16H24/c1-4-5-13-16(2,3)14-9-12-15-10-7-6-8-11-15/h4,6-8,10-11H,1,5,9,12-14H2,2-3H3. The smallest absolute Gasteiger partial charge is 0.0279 e. The molecular formula is C16H24. The Morgan fingerprint density at radius 3 is 2.44 bits per heavy atom. The molecule has 0 amide bonds. The first-order valence-electron chi connectivity index (χ1n) is 6.29. The molecule has 0 heteroatoms. The number of hydrogen-bond acceptors (Lipinski definition) is 0. The van der Waals surface area contributed by atoms with E-state index in [1.54, 1.807) is 0 Å². The normalized spacial score (nSPS) is 11.4. The topological polar surface area (TPSA) is 0 Å². The van der Waals surface area contributed by atoms with Crippen LogP contribution in [0.5, 0.6) is 0 Å². The van der Waals surface area contributed by atoms with Crippen molar-refractivity contribution in [1.82, 2.24) is 0 Å². The summed E-state index contributed by atoms with van der Waals surface area (Å²) < 4.78 is 0. The van der Waals surface area contributed by atoms with Crippen molar-refractivity contribution in [2.24, 2.45) is 5.41 Å². The van der Waals surface area contributed by atoms with Crippen molar-refractivity contribution < 1.29 is 0 Å². The summed E-state index contributed by atoms with van der Waals surface area (Å²) in [4.78, 5) is 0. The van der Waals surface area contributed by atoms with Gasteiger partial charge in [-0.1, -0.05) is 50.3 Å².